The number of phenols is 1. The van der Waals surface area contributed by atoms with E-state index < -0.39 is 12.0 Å². The first-order chi connectivity index (χ1) is 15.0. The largest absolute Gasteiger partial charge is 0.508 e. The molecule has 2 heterocycles. The van der Waals surface area contributed by atoms with E-state index in [4.69, 9.17) is 0 Å². The summed E-state index contributed by atoms with van der Waals surface area (Å²) in [6.45, 7) is 0. The monoisotopic (exact) mass is 414 g/mol. The lowest BCUT2D eigenvalue weighted by Crippen LogP contribution is -2.19. The highest BCUT2D eigenvalue weighted by Gasteiger charge is 2.15. The summed E-state index contributed by atoms with van der Waals surface area (Å²) < 4.78 is 0. The van der Waals surface area contributed by atoms with Gasteiger partial charge in [0.1, 0.15) is 11.4 Å². The Labute approximate surface area is 176 Å². The second-order valence-electron chi connectivity index (χ2n) is 6.68. The summed E-state index contributed by atoms with van der Waals surface area (Å²) in [4.78, 5) is 31.6. The molecule has 0 atom stereocenters. The molecule has 0 fully saturated rings. The zero-order valence-electron chi connectivity index (χ0n) is 16.2. The van der Waals surface area contributed by atoms with Gasteiger partial charge in [0.25, 0.3) is 0 Å². The minimum atomic E-state index is -1.07. The van der Waals surface area contributed by atoms with Crippen molar-refractivity contribution in [2.45, 2.75) is 0 Å². The van der Waals surface area contributed by atoms with Crippen molar-refractivity contribution in [3.8, 4) is 5.75 Å². The third-order valence-corrected chi connectivity index (χ3v) is 4.57. The molecule has 4 aromatic rings. The number of anilines is 2. The maximum atomic E-state index is 12.5. The number of fused-ring (bicyclic) bond motifs is 1. The number of hydrogen-bond acceptors (Lipinski definition) is 4. The van der Waals surface area contributed by atoms with E-state index in [1.54, 1.807) is 48.7 Å². The molecule has 4 rings (SSSR count). The van der Waals surface area contributed by atoms with E-state index in [1.807, 2.05) is 6.07 Å². The number of aliphatic carboxylic acids is 1. The maximum Gasteiger partial charge on any atom is 0.336 e. The van der Waals surface area contributed by atoms with Gasteiger partial charge in [-0.15, -0.1) is 0 Å². The van der Waals surface area contributed by atoms with E-state index in [9.17, 15) is 19.8 Å². The van der Waals surface area contributed by atoms with Gasteiger partial charge in [-0.05, 0) is 29.8 Å². The van der Waals surface area contributed by atoms with Crippen LogP contribution in [0.2, 0.25) is 0 Å². The van der Waals surface area contributed by atoms with E-state index in [0.29, 0.717) is 33.5 Å². The Bertz CT molecular complexity index is 1300. The predicted molar refractivity (Wildman–Crippen MR) is 119 cm³/mol. The topological polar surface area (TPSA) is 127 Å². The molecule has 0 aliphatic heterocycles. The fourth-order valence-electron chi connectivity index (χ4n) is 3.21. The van der Waals surface area contributed by atoms with Crippen molar-refractivity contribution in [1.29, 1.82) is 0 Å². The van der Waals surface area contributed by atoms with Crippen LogP contribution in [-0.2, 0) is 4.79 Å². The summed E-state index contributed by atoms with van der Waals surface area (Å²) in [6.07, 6.45) is 4.71. The molecular formula is C23H18N4O4. The number of hydrogen-bond donors (Lipinski definition) is 5. The quantitative estimate of drug-likeness (QED) is 0.306. The van der Waals surface area contributed by atoms with Gasteiger partial charge >= 0.3 is 12.0 Å². The molecule has 0 unspecified atom stereocenters. The number of nitrogens with one attached hydrogen (secondary N) is 3. The highest BCUT2D eigenvalue weighted by molar-refractivity contribution is 6.22. The highest BCUT2D eigenvalue weighted by Crippen LogP contribution is 2.29. The third-order valence-electron chi connectivity index (χ3n) is 4.57. The van der Waals surface area contributed by atoms with Crippen molar-refractivity contribution in [2.24, 2.45) is 0 Å². The molecule has 2 amide bonds. The van der Waals surface area contributed by atoms with Crippen molar-refractivity contribution in [3.05, 3.63) is 84.2 Å². The molecule has 0 bridgehead atoms. The number of amides is 2. The number of H-pyrrole nitrogens is 1. The predicted octanol–water partition coefficient (Wildman–Crippen LogP) is 4.54. The summed E-state index contributed by atoms with van der Waals surface area (Å²) in [5.41, 5.74) is 2.61. The molecule has 0 spiro atoms. The molecule has 0 saturated heterocycles. The van der Waals surface area contributed by atoms with Crippen molar-refractivity contribution >= 4 is 46.1 Å². The van der Waals surface area contributed by atoms with Gasteiger partial charge in [-0.3, -0.25) is 0 Å². The number of phenolic OH excluding ortho intramolecular Hbond substituents is 1. The normalized spacial score (nSPS) is 11.3. The standard InChI is InChI=1S/C23H18N4O4/c28-17-8-4-7-16(12-17)26-23(31)27-19-9-10-24-21-20(19)15(13-25-21)11-18(22(29)30)14-5-2-1-3-6-14/h1-13,28H,(H,29,30)(H3,24,25,26,27,31)/b18-11+. The Morgan fingerprint density at radius 1 is 1.00 bits per heavy atom. The molecule has 5 N–H and O–H groups in total. The Balaban J connectivity index is 1.69. The van der Waals surface area contributed by atoms with Crippen molar-refractivity contribution < 1.29 is 19.8 Å². The Morgan fingerprint density at radius 2 is 1.81 bits per heavy atom. The van der Waals surface area contributed by atoms with Crippen LogP contribution >= 0.6 is 0 Å². The van der Waals surface area contributed by atoms with Crippen LogP contribution in [0.4, 0.5) is 16.2 Å². The molecule has 8 heteroatoms. The van der Waals surface area contributed by atoms with Crippen LogP contribution in [0.5, 0.6) is 5.75 Å². The first-order valence-corrected chi connectivity index (χ1v) is 9.35. The van der Waals surface area contributed by atoms with Crippen LogP contribution in [0.1, 0.15) is 11.1 Å². The number of benzene rings is 2. The summed E-state index contributed by atoms with van der Waals surface area (Å²) in [5.74, 6) is -1.04. The van der Waals surface area contributed by atoms with Gasteiger partial charge in [0.2, 0.25) is 0 Å². The average molecular weight is 414 g/mol. The third kappa shape index (κ3) is 4.38. The van der Waals surface area contributed by atoms with Crippen molar-refractivity contribution in [1.82, 2.24) is 9.97 Å². The Morgan fingerprint density at radius 3 is 2.55 bits per heavy atom. The van der Waals surface area contributed by atoms with Crippen LogP contribution in [0.3, 0.4) is 0 Å². The fraction of sp³-hybridized carbons (Fsp3) is 0. The zero-order chi connectivity index (χ0) is 21.8. The number of carboxylic acid groups (broad SMARTS) is 1. The summed E-state index contributed by atoms with van der Waals surface area (Å²) in [6, 6.07) is 16.1. The number of aromatic hydroxyl groups is 1. The summed E-state index contributed by atoms with van der Waals surface area (Å²) >= 11 is 0. The van der Waals surface area contributed by atoms with E-state index in [2.05, 4.69) is 20.6 Å². The molecule has 154 valence electrons. The van der Waals surface area contributed by atoms with Gasteiger partial charge < -0.3 is 25.8 Å². The zero-order valence-corrected chi connectivity index (χ0v) is 16.2. The van der Waals surface area contributed by atoms with E-state index in [0.717, 1.165) is 0 Å². The average Bonchev–Trinajstić information content (AvgIpc) is 3.16. The smallest absolute Gasteiger partial charge is 0.336 e. The lowest BCUT2D eigenvalue weighted by atomic mass is 10.0. The van der Waals surface area contributed by atoms with Crippen LogP contribution in [-0.4, -0.2) is 32.2 Å². The fourth-order valence-corrected chi connectivity index (χ4v) is 3.21. The van der Waals surface area contributed by atoms with Gasteiger partial charge in [0, 0.05) is 35.1 Å². The van der Waals surface area contributed by atoms with Crippen molar-refractivity contribution in [2.75, 3.05) is 10.6 Å². The van der Waals surface area contributed by atoms with Gasteiger partial charge in [-0.2, -0.15) is 0 Å². The molecule has 8 nitrogen and oxygen atoms in total. The molecule has 0 aliphatic carbocycles. The van der Waals surface area contributed by atoms with E-state index in [-0.39, 0.29) is 11.3 Å². The second kappa shape index (κ2) is 8.42. The Hall–Kier alpha value is -4.59. The lowest BCUT2D eigenvalue weighted by Gasteiger charge is -2.10. The molecule has 0 radical (unpaired) electrons. The van der Waals surface area contributed by atoms with Gasteiger partial charge in [-0.25, -0.2) is 14.6 Å². The van der Waals surface area contributed by atoms with Gasteiger partial charge in [0.05, 0.1) is 11.3 Å². The Kier molecular flexibility index (Phi) is 5.35. The number of nitrogens with zero attached hydrogens (tertiary/aromatic N) is 1. The molecule has 31 heavy (non-hydrogen) atoms. The number of aromatic amines is 1. The number of urea groups is 1. The first kappa shape index (κ1) is 19.7. The van der Waals surface area contributed by atoms with Crippen molar-refractivity contribution in [3.63, 3.8) is 0 Å². The number of carbonyl (C=O) groups excluding carboxylic acids is 1. The molecule has 0 aliphatic rings. The van der Waals surface area contributed by atoms with E-state index in [1.165, 1.54) is 24.4 Å². The SMILES string of the molecule is O=C(Nc1cccc(O)c1)Nc1ccnc2[nH]cc(/C=C(/C(=O)O)c3ccccc3)c12. The van der Waals surface area contributed by atoms with Crippen LogP contribution in [0.15, 0.2) is 73.1 Å². The number of aromatic nitrogens is 2. The van der Waals surface area contributed by atoms with Gasteiger partial charge in [0.15, 0.2) is 0 Å². The number of pyridine rings is 1. The molecule has 2 aromatic heterocycles. The summed E-state index contributed by atoms with van der Waals surface area (Å²) in [5, 5.41) is 25.2. The lowest BCUT2D eigenvalue weighted by molar-refractivity contribution is -0.130. The van der Waals surface area contributed by atoms with Crippen LogP contribution < -0.4 is 10.6 Å². The van der Waals surface area contributed by atoms with Crippen LogP contribution in [0, 0.1) is 0 Å². The number of carbonyl (C=O) groups is 2. The second-order valence-corrected chi connectivity index (χ2v) is 6.68. The molecule has 0 saturated carbocycles. The van der Waals surface area contributed by atoms with Gasteiger partial charge in [-0.1, -0.05) is 36.4 Å². The first-order valence-electron chi connectivity index (χ1n) is 9.35. The number of rotatable bonds is 5. The number of carboxylic acids is 1. The molecule has 2 aromatic carbocycles. The minimum Gasteiger partial charge on any atom is -0.508 e. The maximum absolute atomic E-state index is 12.5. The van der Waals surface area contributed by atoms with Crippen LogP contribution in [0.25, 0.3) is 22.7 Å². The highest BCUT2D eigenvalue weighted by atomic mass is 16.4. The summed E-state index contributed by atoms with van der Waals surface area (Å²) in [7, 11) is 0. The van der Waals surface area contributed by atoms with E-state index >= 15 is 0 Å². The molecular weight excluding hydrogens is 396 g/mol. The minimum absolute atomic E-state index is 0.0317.